The van der Waals surface area contributed by atoms with Crippen LogP contribution in [0, 0.1) is 39.4 Å². The molecule has 2 amide bonds. The Kier molecular flexibility index (Phi) is 3.47. The van der Waals surface area contributed by atoms with Crippen molar-refractivity contribution in [1.29, 1.82) is 10.5 Å². The van der Waals surface area contributed by atoms with Crippen molar-refractivity contribution in [1.82, 2.24) is 10.0 Å². The summed E-state index contributed by atoms with van der Waals surface area (Å²) in [5, 5.41) is 22.5. The van der Waals surface area contributed by atoms with Gasteiger partial charge in [0.15, 0.2) is 10.8 Å². The topological polar surface area (TPSA) is 127 Å². The summed E-state index contributed by atoms with van der Waals surface area (Å²) < 4.78 is 0. The van der Waals surface area contributed by atoms with Crippen LogP contribution in [0.3, 0.4) is 0 Å². The number of aliphatic imine (C=N–C) groups is 1. The van der Waals surface area contributed by atoms with Crippen LogP contribution in [0.25, 0.3) is 0 Å². The second-order valence-electron chi connectivity index (χ2n) is 6.01. The van der Waals surface area contributed by atoms with Crippen molar-refractivity contribution < 1.29 is 9.59 Å². The number of hydrogen-bond donors (Lipinski definition) is 1. The Morgan fingerprint density at radius 1 is 1.36 bits per heavy atom. The fourth-order valence-electron chi connectivity index (χ4n) is 3.91. The third-order valence-corrected chi connectivity index (χ3v) is 4.80. The molecule has 1 fully saturated rings. The molecule has 0 aromatic rings. The number of nitrogens with zero attached hydrogens (tertiary/aromatic N) is 5. The van der Waals surface area contributed by atoms with E-state index < -0.39 is 28.7 Å². The Hall–Kier alpha value is -2.45. The Balaban J connectivity index is 2.74. The van der Waals surface area contributed by atoms with Gasteiger partial charge in [-0.3, -0.25) is 14.6 Å². The average molecular weight is 302 g/mol. The highest BCUT2D eigenvalue weighted by Crippen LogP contribution is 2.61. The second-order valence-corrected chi connectivity index (χ2v) is 6.01. The van der Waals surface area contributed by atoms with Crippen molar-refractivity contribution >= 4 is 17.6 Å². The number of nitrogens with two attached hydrogens (primary N) is 1. The molecule has 1 heterocycles. The van der Waals surface area contributed by atoms with Crippen LogP contribution in [-0.4, -0.2) is 47.8 Å². The molecule has 1 aliphatic heterocycles. The van der Waals surface area contributed by atoms with E-state index in [4.69, 9.17) is 5.73 Å². The van der Waals surface area contributed by atoms with Crippen LogP contribution in [-0.2, 0) is 9.59 Å². The molecule has 2 rings (SSSR count). The molecule has 0 bridgehead atoms. The van der Waals surface area contributed by atoms with Crippen LogP contribution in [0.5, 0.6) is 0 Å². The normalized spacial score (nSPS) is 36.5. The monoisotopic (exact) mass is 302 g/mol. The minimum Gasteiger partial charge on any atom is -0.386 e. The van der Waals surface area contributed by atoms with Gasteiger partial charge >= 0.3 is 0 Å². The van der Waals surface area contributed by atoms with Gasteiger partial charge in [0.1, 0.15) is 5.84 Å². The Bertz CT molecular complexity index is 657. The van der Waals surface area contributed by atoms with Crippen molar-refractivity contribution in [2.24, 2.45) is 27.5 Å². The van der Waals surface area contributed by atoms with Gasteiger partial charge in [0.25, 0.3) is 5.91 Å². The Labute approximate surface area is 128 Å². The van der Waals surface area contributed by atoms with Gasteiger partial charge in [0.2, 0.25) is 5.91 Å². The van der Waals surface area contributed by atoms with Gasteiger partial charge in [-0.15, -0.1) is 0 Å². The summed E-state index contributed by atoms with van der Waals surface area (Å²) in [6.07, 6.45) is 0.320. The van der Waals surface area contributed by atoms with Gasteiger partial charge in [-0.2, -0.15) is 15.5 Å². The lowest BCUT2D eigenvalue weighted by molar-refractivity contribution is -0.150. The van der Waals surface area contributed by atoms with Crippen LogP contribution in [0.4, 0.5) is 0 Å². The number of fused-ring (bicyclic) bond motifs is 1. The number of hydrazine groups is 1. The van der Waals surface area contributed by atoms with E-state index in [-0.39, 0.29) is 11.7 Å². The highest BCUT2D eigenvalue weighted by Gasteiger charge is 2.76. The third kappa shape index (κ3) is 1.50. The number of hydrogen-bond acceptors (Lipinski definition) is 6. The molecule has 8 heteroatoms. The number of carbonyl (C=O) groups excluding carboxylic acids is 2. The molecule has 0 aromatic carbocycles. The lowest BCUT2D eigenvalue weighted by Gasteiger charge is -2.41. The number of amides is 2. The third-order valence-electron chi connectivity index (χ3n) is 4.80. The quantitative estimate of drug-likeness (QED) is 0.694. The number of nitriles is 2. The van der Waals surface area contributed by atoms with Gasteiger partial charge in [-0.1, -0.05) is 6.92 Å². The Morgan fingerprint density at radius 2 is 1.91 bits per heavy atom. The van der Waals surface area contributed by atoms with E-state index in [1.54, 1.807) is 26.0 Å². The first-order chi connectivity index (χ1) is 10.2. The average Bonchev–Trinajstić information content (AvgIpc) is 2.80. The molecule has 2 N–H and O–H groups in total. The van der Waals surface area contributed by atoms with E-state index in [2.05, 4.69) is 11.1 Å². The molecule has 4 unspecified atom stereocenters. The molecule has 2 aliphatic rings. The van der Waals surface area contributed by atoms with Crippen LogP contribution in [0.1, 0.15) is 20.3 Å². The standard InChI is InChI=1S/C14H18N6O2/c1-8-5-10(20(9(2)21)19(3)4)14(7-16)11(17)18-12(22)13(8,14)6-15/h8,10H,5H2,1-4H3,(H2,17,18,22). The molecule has 1 saturated carbocycles. The molecule has 0 aromatic heterocycles. The van der Waals surface area contributed by atoms with E-state index in [0.717, 1.165) is 0 Å². The van der Waals surface area contributed by atoms with Gasteiger partial charge < -0.3 is 5.73 Å². The zero-order chi connectivity index (χ0) is 16.9. The van der Waals surface area contributed by atoms with Crippen molar-refractivity contribution in [3.63, 3.8) is 0 Å². The lowest BCUT2D eigenvalue weighted by atomic mass is 9.63. The largest absolute Gasteiger partial charge is 0.386 e. The fraction of sp³-hybridized carbons (Fsp3) is 0.643. The summed E-state index contributed by atoms with van der Waals surface area (Å²) in [4.78, 5) is 28.1. The maximum Gasteiger partial charge on any atom is 0.270 e. The minimum atomic E-state index is -1.64. The first-order valence-electron chi connectivity index (χ1n) is 6.89. The summed E-state index contributed by atoms with van der Waals surface area (Å²) in [5.41, 5.74) is 2.65. The highest BCUT2D eigenvalue weighted by molar-refractivity contribution is 6.12. The molecule has 8 nitrogen and oxygen atoms in total. The van der Waals surface area contributed by atoms with Crippen molar-refractivity contribution in [3.8, 4) is 12.1 Å². The van der Waals surface area contributed by atoms with E-state index in [1.165, 1.54) is 11.9 Å². The number of amidine groups is 1. The molecule has 1 aliphatic carbocycles. The van der Waals surface area contributed by atoms with E-state index >= 15 is 0 Å². The fourth-order valence-corrected chi connectivity index (χ4v) is 3.91. The van der Waals surface area contributed by atoms with Gasteiger partial charge in [0, 0.05) is 21.0 Å². The zero-order valence-electron chi connectivity index (χ0n) is 13.0. The summed E-state index contributed by atoms with van der Waals surface area (Å²) in [7, 11) is 3.32. The van der Waals surface area contributed by atoms with Crippen molar-refractivity contribution in [2.75, 3.05) is 14.1 Å². The van der Waals surface area contributed by atoms with Crippen molar-refractivity contribution in [3.05, 3.63) is 0 Å². The summed E-state index contributed by atoms with van der Waals surface area (Å²) in [6.45, 7) is 3.08. The summed E-state index contributed by atoms with van der Waals surface area (Å²) in [6, 6.07) is 3.35. The number of carbonyl (C=O) groups is 2. The van der Waals surface area contributed by atoms with Crippen molar-refractivity contribution in [2.45, 2.75) is 26.3 Å². The smallest absolute Gasteiger partial charge is 0.270 e. The van der Waals surface area contributed by atoms with E-state index in [9.17, 15) is 20.1 Å². The maximum absolute atomic E-state index is 12.3. The van der Waals surface area contributed by atoms with Gasteiger partial charge in [-0.05, 0) is 12.3 Å². The first-order valence-corrected chi connectivity index (χ1v) is 6.89. The molecular weight excluding hydrogens is 284 g/mol. The molecule has 0 radical (unpaired) electrons. The lowest BCUT2D eigenvalue weighted by Crippen LogP contribution is -2.59. The first kappa shape index (κ1) is 15.9. The predicted octanol–water partition coefficient (Wildman–Crippen LogP) is -0.363. The molecule has 0 spiro atoms. The van der Waals surface area contributed by atoms with Crippen LogP contribution < -0.4 is 5.73 Å². The molecule has 0 saturated heterocycles. The predicted molar refractivity (Wildman–Crippen MR) is 76.5 cm³/mol. The van der Waals surface area contributed by atoms with E-state index in [1.807, 2.05) is 6.07 Å². The molecule has 4 atom stereocenters. The summed E-state index contributed by atoms with van der Waals surface area (Å²) in [5.74, 6) is -1.60. The zero-order valence-corrected chi connectivity index (χ0v) is 13.0. The van der Waals surface area contributed by atoms with Crippen LogP contribution >= 0.6 is 0 Å². The SMILES string of the molecule is CC(=O)N(C1CC(C)C2(C#N)C(=O)N=C(N)C12C#N)N(C)C. The molecule has 116 valence electrons. The van der Waals surface area contributed by atoms with Gasteiger partial charge in [0.05, 0.1) is 18.2 Å². The van der Waals surface area contributed by atoms with Gasteiger partial charge in [-0.25, -0.2) is 5.01 Å². The molecule has 22 heavy (non-hydrogen) atoms. The second kappa shape index (κ2) is 4.79. The minimum absolute atomic E-state index is 0.177. The van der Waals surface area contributed by atoms with Crippen LogP contribution in [0.2, 0.25) is 0 Å². The van der Waals surface area contributed by atoms with E-state index in [0.29, 0.717) is 6.42 Å². The van der Waals surface area contributed by atoms with Crippen LogP contribution in [0.15, 0.2) is 4.99 Å². The highest BCUT2D eigenvalue weighted by atomic mass is 16.2. The maximum atomic E-state index is 12.3. The summed E-state index contributed by atoms with van der Waals surface area (Å²) >= 11 is 0. The molecular formula is C14H18N6O2. The Morgan fingerprint density at radius 3 is 2.32 bits per heavy atom. The number of rotatable bonds is 2.